The Kier molecular flexibility index (Phi) is 5.47. The first-order chi connectivity index (χ1) is 11.9. The van der Waals surface area contributed by atoms with Crippen LogP contribution in [-0.4, -0.2) is 25.6 Å². The molecular formula is C22H30O2Si. The maximum Gasteiger partial charge on any atom is 0.261 e. The highest BCUT2D eigenvalue weighted by Crippen LogP contribution is 2.39. The summed E-state index contributed by atoms with van der Waals surface area (Å²) in [5.41, 5.74) is 0. The number of aliphatic hydroxyl groups is 1. The SMILES string of the molecule is CC(C)(C)[Si](O[C@H]1CC[C@@H](O)CC1)(c1ccccc1)c1ccccc1. The molecule has 0 amide bonds. The molecule has 3 heteroatoms. The fourth-order valence-corrected chi connectivity index (χ4v) is 8.85. The molecule has 1 fully saturated rings. The molecule has 1 aliphatic carbocycles. The standard InChI is InChI=1S/C22H30O2Si/c1-22(2,3)25(20-10-6-4-7-11-20,21-12-8-5-9-13-21)24-19-16-14-18(23)15-17-19/h4-13,18-19,23H,14-17H2,1-3H3/t18-,19+. The van der Waals surface area contributed by atoms with Crippen LogP contribution in [0.25, 0.3) is 0 Å². The van der Waals surface area contributed by atoms with Gasteiger partial charge >= 0.3 is 0 Å². The van der Waals surface area contributed by atoms with E-state index in [4.69, 9.17) is 4.43 Å². The van der Waals surface area contributed by atoms with Gasteiger partial charge in [0.1, 0.15) is 0 Å². The van der Waals surface area contributed by atoms with E-state index in [9.17, 15) is 5.11 Å². The van der Waals surface area contributed by atoms with E-state index in [-0.39, 0.29) is 17.2 Å². The molecule has 134 valence electrons. The zero-order valence-corrected chi connectivity index (χ0v) is 16.6. The Bertz CT molecular complexity index is 616. The van der Waals surface area contributed by atoms with Crippen LogP contribution < -0.4 is 10.4 Å². The Balaban J connectivity index is 2.09. The second-order valence-electron chi connectivity index (χ2n) is 8.21. The van der Waals surface area contributed by atoms with Gasteiger partial charge in [0.2, 0.25) is 0 Å². The first kappa shape index (κ1) is 18.4. The van der Waals surface area contributed by atoms with Gasteiger partial charge in [-0.05, 0) is 41.1 Å². The van der Waals surface area contributed by atoms with Crippen LogP contribution in [0.15, 0.2) is 60.7 Å². The summed E-state index contributed by atoms with van der Waals surface area (Å²) in [6.45, 7) is 6.95. The van der Waals surface area contributed by atoms with E-state index >= 15 is 0 Å². The van der Waals surface area contributed by atoms with Crippen LogP contribution >= 0.6 is 0 Å². The molecule has 2 nitrogen and oxygen atoms in total. The van der Waals surface area contributed by atoms with Crippen LogP contribution in [0.1, 0.15) is 46.5 Å². The maximum atomic E-state index is 9.87. The average molecular weight is 355 g/mol. The van der Waals surface area contributed by atoms with Gasteiger partial charge in [0.25, 0.3) is 8.32 Å². The van der Waals surface area contributed by atoms with Gasteiger partial charge in [-0.3, -0.25) is 0 Å². The van der Waals surface area contributed by atoms with Gasteiger partial charge in [-0.2, -0.15) is 0 Å². The summed E-state index contributed by atoms with van der Waals surface area (Å²) in [4.78, 5) is 0. The lowest BCUT2D eigenvalue weighted by Gasteiger charge is -2.46. The van der Waals surface area contributed by atoms with Gasteiger partial charge in [0.05, 0.1) is 6.10 Å². The van der Waals surface area contributed by atoms with E-state index in [1.165, 1.54) is 10.4 Å². The number of hydrogen-bond donors (Lipinski definition) is 1. The maximum absolute atomic E-state index is 9.87. The van der Waals surface area contributed by atoms with E-state index in [1.807, 2.05) is 0 Å². The third-order valence-electron chi connectivity index (χ3n) is 5.40. The van der Waals surface area contributed by atoms with Gasteiger partial charge in [-0.15, -0.1) is 0 Å². The van der Waals surface area contributed by atoms with Crippen LogP contribution in [0.4, 0.5) is 0 Å². The Hall–Kier alpha value is -1.42. The Labute approximate surface area is 153 Å². The van der Waals surface area contributed by atoms with Gasteiger partial charge in [-0.25, -0.2) is 0 Å². The highest BCUT2D eigenvalue weighted by molar-refractivity contribution is 6.99. The van der Waals surface area contributed by atoms with Gasteiger partial charge in [0, 0.05) is 6.10 Å². The van der Waals surface area contributed by atoms with E-state index in [0.29, 0.717) is 0 Å². The zero-order valence-electron chi connectivity index (χ0n) is 15.6. The third-order valence-corrected chi connectivity index (χ3v) is 10.5. The quantitative estimate of drug-likeness (QED) is 0.845. The molecule has 3 rings (SSSR count). The summed E-state index contributed by atoms with van der Waals surface area (Å²) in [6, 6.07) is 21.6. The lowest BCUT2D eigenvalue weighted by molar-refractivity contribution is 0.0618. The Morgan fingerprint density at radius 2 is 1.24 bits per heavy atom. The molecule has 25 heavy (non-hydrogen) atoms. The molecule has 0 atom stereocenters. The van der Waals surface area contributed by atoms with Crippen LogP contribution in [0.5, 0.6) is 0 Å². The minimum absolute atomic E-state index is 0.0196. The first-order valence-electron chi connectivity index (χ1n) is 9.40. The van der Waals surface area contributed by atoms with E-state index in [1.54, 1.807) is 0 Å². The van der Waals surface area contributed by atoms with Crippen molar-refractivity contribution >= 4 is 18.7 Å². The predicted molar refractivity (Wildman–Crippen MR) is 107 cm³/mol. The summed E-state index contributed by atoms with van der Waals surface area (Å²) >= 11 is 0. The summed E-state index contributed by atoms with van der Waals surface area (Å²) in [6.07, 6.45) is 3.68. The van der Waals surface area contributed by atoms with Crippen LogP contribution in [0, 0.1) is 0 Å². The minimum Gasteiger partial charge on any atom is -0.404 e. The molecule has 0 saturated heterocycles. The summed E-state index contributed by atoms with van der Waals surface area (Å²) in [7, 11) is -2.44. The lowest BCUT2D eigenvalue weighted by Crippen LogP contribution is -2.67. The van der Waals surface area contributed by atoms with Crippen LogP contribution in [0.2, 0.25) is 5.04 Å². The molecule has 0 radical (unpaired) electrons. The number of hydrogen-bond acceptors (Lipinski definition) is 2. The molecule has 0 bridgehead atoms. The fraction of sp³-hybridized carbons (Fsp3) is 0.455. The molecule has 0 heterocycles. The van der Waals surface area contributed by atoms with Crippen molar-refractivity contribution in [2.24, 2.45) is 0 Å². The summed E-state index contributed by atoms with van der Waals surface area (Å²) < 4.78 is 7.09. The number of benzene rings is 2. The topological polar surface area (TPSA) is 29.5 Å². The monoisotopic (exact) mass is 354 g/mol. The van der Waals surface area contributed by atoms with E-state index in [0.717, 1.165) is 25.7 Å². The smallest absolute Gasteiger partial charge is 0.261 e. The average Bonchev–Trinajstić information content (AvgIpc) is 2.62. The fourth-order valence-electron chi connectivity index (χ4n) is 4.10. The highest BCUT2D eigenvalue weighted by Gasteiger charge is 2.51. The number of aliphatic hydroxyl groups excluding tert-OH is 1. The summed E-state index contributed by atoms with van der Waals surface area (Å²) in [5.74, 6) is 0. The molecule has 1 saturated carbocycles. The molecule has 1 N–H and O–H groups in total. The van der Waals surface area contributed by atoms with Gasteiger partial charge in [-0.1, -0.05) is 81.4 Å². The van der Waals surface area contributed by atoms with Crippen molar-refractivity contribution in [2.45, 2.75) is 63.7 Å². The van der Waals surface area contributed by atoms with Crippen LogP contribution in [-0.2, 0) is 4.43 Å². The molecule has 1 aliphatic rings. The second-order valence-corrected chi connectivity index (χ2v) is 12.5. The van der Waals surface area contributed by atoms with Gasteiger partial charge in [0.15, 0.2) is 0 Å². The van der Waals surface area contributed by atoms with Crippen molar-refractivity contribution < 1.29 is 9.53 Å². The number of rotatable bonds is 4. The minimum atomic E-state index is -2.44. The molecule has 0 aliphatic heterocycles. The second kappa shape index (κ2) is 7.44. The predicted octanol–water partition coefficient (Wildman–Crippen LogP) is 3.87. The highest BCUT2D eigenvalue weighted by atomic mass is 28.4. The van der Waals surface area contributed by atoms with E-state index < -0.39 is 8.32 Å². The molecule has 0 spiro atoms. The summed E-state index contributed by atoms with van der Waals surface area (Å²) in [5, 5.41) is 12.6. The Morgan fingerprint density at radius 1 is 0.800 bits per heavy atom. The molecule has 0 aromatic heterocycles. The molecular weight excluding hydrogens is 324 g/mol. The molecule has 2 aromatic carbocycles. The van der Waals surface area contributed by atoms with Crippen molar-refractivity contribution in [1.82, 2.24) is 0 Å². The zero-order chi connectivity index (χ0) is 17.9. The third kappa shape index (κ3) is 3.74. The largest absolute Gasteiger partial charge is 0.404 e. The molecule has 0 unspecified atom stereocenters. The van der Waals surface area contributed by atoms with Crippen LogP contribution in [0.3, 0.4) is 0 Å². The van der Waals surface area contributed by atoms with Crippen molar-refractivity contribution in [3.8, 4) is 0 Å². The van der Waals surface area contributed by atoms with Crippen molar-refractivity contribution in [3.63, 3.8) is 0 Å². The Morgan fingerprint density at radius 3 is 1.64 bits per heavy atom. The first-order valence-corrected chi connectivity index (χ1v) is 11.3. The lowest BCUT2D eigenvalue weighted by atomic mass is 9.95. The van der Waals surface area contributed by atoms with Crippen molar-refractivity contribution in [3.05, 3.63) is 60.7 Å². The van der Waals surface area contributed by atoms with E-state index in [2.05, 4.69) is 81.4 Å². The van der Waals surface area contributed by atoms with Gasteiger partial charge < -0.3 is 9.53 Å². The molecule has 2 aromatic rings. The van der Waals surface area contributed by atoms with Crippen molar-refractivity contribution in [1.29, 1.82) is 0 Å². The normalized spacial score (nSPS) is 21.9. The van der Waals surface area contributed by atoms with Crippen molar-refractivity contribution in [2.75, 3.05) is 0 Å².